The van der Waals surface area contributed by atoms with Crippen molar-refractivity contribution in [1.29, 1.82) is 0 Å². The number of methoxy groups -OCH3 is 1. The molecule has 0 heterocycles. The topological polar surface area (TPSA) is 87.6 Å². The van der Waals surface area contributed by atoms with E-state index in [4.69, 9.17) is 20.9 Å². The van der Waals surface area contributed by atoms with Crippen LogP contribution in [0.5, 0.6) is 5.75 Å². The third-order valence-corrected chi connectivity index (χ3v) is 2.11. The molecule has 0 fully saturated rings. The first-order valence-electron chi connectivity index (χ1n) is 4.96. The standard InChI is InChI=1S/C11H16N2O3/c1-3-16-10(14)6-7-4-8(12)11(13)9(5-7)15-2/h4-5H,3,6,12-13H2,1-2H3. The van der Waals surface area contributed by atoms with Crippen LogP contribution >= 0.6 is 0 Å². The Bertz CT molecular complexity index is 391. The molecule has 4 N–H and O–H groups in total. The second-order valence-corrected chi connectivity index (χ2v) is 3.28. The van der Waals surface area contributed by atoms with Crippen LogP contribution in [-0.2, 0) is 16.0 Å². The van der Waals surface area contributed by atoms with E-state index in [0.717, 1.165) is 5.56 Å². The summed E-state index contributed by atoms with van der Waals surface area (Å²) < 4.78 is 9.89. The fourth-order valence-corrected chi connectivity index (χ4v) is 1.36. The molecule has 0 aliphatic carbocycles. The van der Waals surface area contributed by atoms with E-state index in [2.05, 4.69) is 0 Å². The molecule has 0 aromatic heterocycles. The Morgan fingerprint density at radius 1 is 1.38 bits per heavy atom. The highest BCUT2D eigenvalue weighted by atomic mass is 16.5. The van der Waals surface area contributed by atoms with Crippen LogP contribution in [0, 0.1) is 0 Å². The average molecular weight is 224 g/mol. The summed E-state index contributed by atoms with van der Waals surface area (Å²) in [6.45, 7) is 2.12. The summed E-state index contributed by atoms with van der Waals surface area (Å²) in [6.07, 6.45) is 0.161. The molecule has 16 heavy (non-hydrogen) atoms. The minimum absolute atomic E-state index is 0.161. The number of hydrogen-bond acceptors (Lipinski definition) is 5. The van der Waals surface area contributed by atoms with Gasteiger partial charge in [0.05, 0.1) is 31.5 Å². The van der Waals surface area contributed by atoms with Crippen LogP contribution in [-0.4, -0.2) is 19.7 Å². The number of anilines is 2. The zero-order chi connectivity index (χ0) is 12.1. The van der Waals surface area contributed by atoms with E-state index in [1.54, 1.807) is 19.1 Å². The van der Waals surface area contributed by atoms with Crippen molar-refractivity contribution in [2.24, 2.45) is 0 Å². The summed E-state index contributed by atoms with van der Waals surface area (Å²) >= 11 is 0. The van der Waals surface area contributed by atoms with Crippen LogP contribution in [0.1, 0.15) is 12.5 Å². The van der Waals surface area contributed by atoms with Gasteiger partial charge in [-0.25, -0.2) is 0 Å². The Labute approximate surface area is 94.3 Å². The molecule has 88 valence electrons. The van der Waals surface area contributed by atoms with Crippen LogP contribution in [0.25, 0.3) is 0 Å². The summed E-state index contributed by atoms with van der Waals surface area (Å²) in [5.74, 6) is 0.174. The Morgan fingerprint density at radius 2 is 2.06 bits per heavy atom. The molecule has 0 aliphatic rings. The molecule has 0 saturated heterocycles. The fraction of sp³-hybridized carbons (Fsp3) is 0.364. The predicted molar refractivity (Wildman–Crippen MR) is 62.2 cm³/mol. The fourth-order valence-electron chi connectivity index (χ4n) is 1.36. The molecule has 0 aliphatic heterocycles. The van der Waals surface area contributed by atoms with Gasteiger partial charge in [-0.15, -0.1) is 0 Å². The molecule has 0 bridgehead atoms. The first-order valence-corrected chi connectivity index (χ1v) is 4.96. The maximum atomic E-state index is 11.3. The van der Waals surface area contributed by atoms with Crippen LogP contribution in [0.15, 0.2) is 12.1 Å². The van der Waals surface area contributed by atoms with Gasteiger partial charge in [0.2, 0.25) is 0 Å². The number of nitrogens with two attached hydrogens (primary N) is 2. The van der Waals surface area contributed by atoms with Gasteiger partial charge in [-0.1, -0.05) is 0 Å². The molecular formula is C11H16N2O3. The van der Waals surface area contributed by atoms with Gasteiger partial charge in [-0.3, -0.25) is 4.79 Å². The van der Waals surface area contributed by atoms with Crippen molar-refractivity contribution in [2.75, 3.05) is 25.2 Å². The summed E-state index contributed by atoms with van der Waals surface area (Å²) in [4.78, 5) is 11.3. The van der Waals surface area contributed by atoms with Gasteiger partial charge in [0.25, 0.3) is 0 Å². The van der Waals surface area contributed by atoms with E-state index in [0.29, 0.717) is 23.7 Å². The smallest absolute Gasteiger partial charge is 0.310 e. The Morgan fingerprint density at radius 3 is 2.62 bits per heavy atom. The Kier molecular flexibility index (Phi) is 3.99. The Balaban J connectivity index is 2.89. The molecular weight excluding hydrogens is 208 g/mol. The monoisotopic (exact) mass is 224 g/mol. The quantitative estimate of drug-likeness (QED) is 0.587. The summed E-state index contributed by atoms with van der Waals surface area (Å²) in [5, 5.41) is 0. The lowest BCUT2D eigenvalue weighted by Crippen LogP contribution is -2.08. The minimum atomic E-state index is -0.297. The van der Waals surface area contributed by atoms with Crippen molar-refractivity contribution < 1.29 is 14.3 Å². The number of hydrogen-bond donors (Lipinski definition) is 2. The second kappa shape index (κ2) is 5.25. The van der Waals surface area contributed by atoms with Gasteiger partial charge in [0, 0.05) is 0 Å². The highest BCUT2D eigenvalue weighted by molar-refractivity contribution is 5.77. The average Bonchev–Trinajstić information content (AvgIpc) is 2.23. The number of ether oxygens (including phenoxy) is 2. The third kappa shape index (κ3) is 2.79. The van der Waals surface area contributed by atoms with E-state index in [1.165, 1.54) is 7.11 Å². The zero-order valence-electron chi connectivity index (χ0n) is 9.45. The number of benzene rings is 1. The van der Waals surface area contributed by atoms with E-state index in [1.807, 2.05) is 0 Å². The molecule has 0 spiro atoms. The molecule has 1 aromatic carbocycles. The molecule has 5 heteroatoms. The highest BCUT2D eigenvalue weighted by Gasteiger charge is 2.09. The number of rotatable bonds is 4. The van der Waals surface area contributed by atoms with Crippen molar-refractivity contribution in [3.05, 3.63) is 17.7 Å². The van der Waals surface area contributed by atoms with Crippen LogP contribution < -0.4 is 16.2 Å². The van der Waals surface area contributed by atoms with Crippen LogP contribution in [0.4, 0.5) is 11.4 Å². The summed E-state index contributed by atoms with van der Waals surface area (Å²) in [5.41, 5.74) is 12.9. The zero-order valence-corrected chi connectivity index (χ0v) is 9.45. The molecule has 1 rings (SSSR count). The Hall–Kier alpha value is -1.91. The SMILES string of the molecule is CCOC(=O)Cc1cc(N)c(N)c(OC)c1. The summed E-state index contributed by atoms with van der Waals surface area (Å²) in [7, 11) is 1.50. The minimum Gasteiger partial charge on any atom is -0.495 e. The molecule has 0 atom stereocenters. The van der Waals surface area contributed by atoms with Crippen molar-refractivity contribution in [1.82, 2.24) is 0 Å². The van der Waals surface area contributed by atoms with Gasteiger partial charge < -0.3 is 20.9 Å². The normalized spacial score (nSPS) is 9.88. The molecule has 0 unspecified atom stereocenters. The number of nitrogen functional groups attached to an aromatic ring is 2. The third-order valence-electron chi connectivity index (χ3n) is 2.11. The van der Waals surface area contributed by atoms with Gasteiger partial charge in [-0.05, 0) is 24.6 Å². The lowest BCUT2D eigenvalue weighted by atomic mass is 10.1. The van der Waals surface area contributed by atoms with Gasteiger partial charge in [-0.2, -0.15) is 0 Å². The van der Waals surface area contributed by atoms with Gasteiger partial charge in [0.1, 0.15) is 5.75 Å². The number of carbonyl (C=O) groups is 1. The van der Waals surface area contributed by atoms with E-state index in [9.17, 15) is 4.79 Å². The van der Waals surface area contributed by atoms with Gasteiger partial charge in [0.15, 0.2) is 0 Å². The lowest BCUT2D eigenvalue weighted by molar-refractivity contribution is -0.142. The number of esters is 1. The van der Waals surface area contributed by atoms with Crippen molar-refractivity contribution in [3.63, 3.8) is 0 Å². The molecule has 0 radical (unpaired) electrons. The maximum Gasteiger partial charge on any atom is 0.310 e. The maximum absolute atomic E-state index is 11.3. The van der Waals surface area contributed by atoms with Crippen molar-refractivity contribution >= 4 is 17.3 Å². The van der Waals surface area contributed by atoms with Crippen LogP contribution in [0.3, 0.4) is 0 Å². The second-order valence-electron chi connectivity index (χ2n) is 3.28. The van der Waals surface area contributed by atoms with Crippen molar-refractivity contribution in [2.45, 2.75) is 13.3 Å². The summed E-state index contributed by atoms with van der Waals surface area (Å²) in [6, 6.07) is 3.33. The molecule has 1 aromatic rings. The van der Waals surface area contributed by atoms with Crippen molar-refractivity contribution in [3.8, 4) is 5.75 Å². The highest BCUT2D eigenvalue weighted by Crippen LogP contribution is 2.29. The lowest BCUT2D eigenvalue weighted by Gasteiger charge is -2.10. The molecule has 0 saturated carbocycles. The van der Waals surface area contributed by atoms with E-state index >= 15 is 0 Å². The van der Waals surface area contributed by atoms with Crippen LogP contribution in [0.2, 0.25) is 0 Å². The van der Waals surface area contributed by atoms with Gasteiger partial charge >= 0.3 is 5.97 Å². The first-order chi connectivity index (χ1) is 7.58. The van der Waals surface area contributed by atoms with E-state index in [-0.39, 0.29) is 12.4 Å². The first kappa shape index (κ1) is 12.2. The molecule has 5 nitrogen and oxygen atoms in total. The number of carbonyl (C=O) groups excluding carboxylic acids is 1. The molecule has 0 amide bonds. The largest absolute Gasteiger partial charge is 0.495 e. The van der Waals surface area contributed by atoms with E-state index < -0.39 is 0 Å². The predicted octanol–water partition coefficient (Wildman–Crippen LogP) is 0.965.